The third-order valence-corrected chi connectivity index (χ3v) is 1.72. The van der Waals surface area contributed by atoms with E-state index < -0.39 is 7.82 Å². The van der Waals surface area contributed by atoms with Crippen molar-refractivity contribution in [1.82, 2.24) is 0 Å². The molecule has 0 heterocycles. The number of phosphoric ester groups is 1. The average Bonchev–Trinajstić information content (AvgIpc) is 1.64. The van der Waals surface area contributed by atoms with Crippen LogP contribution in [0.2, 0.25) is 0 Å². The fourth-order valence-corrected chi connectivity index (χ4v) is 1.06. The molecule has 0 atom stereocenters. The zero-order valence-corrected chi connectivity index (χ0v) is 7.95. The van der Waals surface area contributed by atoms with Gasteiger partial charge in [0.05, 0.1) is 13.2 Å². The Kier molecular flexibility index (Phi) is 8.40. The smallest absolute Gasteiger partial charge is 0.267 e. The molecule has 1 radical (unpaired) electrons. The summed E-state index contributed by atoms with van der Waals surface area (Å²) in [7, 11) is -3.94. The van der Waals surface area contributed by atoms with Crippen LogP contribution in [0.1, 0.15) is 13.8 Å². The maximum Gasteiger partial charge on any atom is 0.267 e. The van der Waals surface area contributed by atoms with Gasteiger partial charge in [-0.25, -0.2) is 0 Å². The average molecular weight is 208 g/mol. The third kappa shape index (κ3) is 6.75. The molecule has 0 amide bonds. The largest absolute Gasteiger partial charge is 0.756 e. The van der Waals surface area contributed by atoms with Gasteiger partial charge >= 0.3 is 0 Å². The van der Waals surface area contributed by atoms with E-state index in [0.717, 1.165) is 0 Å². The van der Waals surface area contributed by atoms with E-state index in [4.69, 9.17) is 0 Å². The number of rotatable bonds is 4. The topological polar surface area (TPSA) is 58.6 Å². The van der Waals surface area contributed by atoms with Gasteiger partial charge in [0, 0.05) is 17.1 Å². The minimum atomic E-state index is -3.94. The van der Waals surface area contributed by atoms with E-state index in [2.05, 4.69) is 9.05 Å². The van der Waals surface area contributed by atoms with Crippen molar-refractivity contribution in [3.05, 3.63) is 0 Å². The van der Waals surface area contributed by atoms with E-state index in [1.54, 1.807) is 13.8 Å². The van der Waals surface area contributed by atoms with Gasteiger partial charge in [0.25, 0.3) is 7.82 Å². The Morgan fingerprint density at radius 3 is 1.80 bits per heavy atom. The Hall–Kier alpha value is 0.629. The first-order valence-electron chi connectivity index (χ1n) is 2.72. The van der Waals surface area contributed by atoms with Crippen LogP contribution in [0.3, 0.4) is 0 Å². The summed E-state index contributed by atoms with van der Waals surface area (Å²) >= 11 is 0. The molecule has 0 saturated carbocycles. The van der Waals surface area contributed by atoms with Crippen molar-refractivity contribution in [2.75, 3.05) is 13.2 Å². The van der Waals surface area contributed by atoms with Crippen molar-refractivity contribution < 1.29 is 35.6 Å². The van der Waals surface area contributed by atoms with Crippen molar-refractivity contribution in [2.24, 2.45) is 0 Å². The van der Waals surface area contributed by atoms with E-state index >= 15 is 0 Å². The predicted octanol–water partition coefficient (Wildman–Crippen LogP) is 0.525. The molecule has 0 fully saturated rings. The fourth-order valence-electron chi connectivity index (χ4n) is 0.353. The second-order valence-corrected chi connectivity index (χ2v) is 2.69. The molecule has 10 heavy (non-hydrogen) atoms. The second-order valence-electron chi connectivity index (χ2n) is 1.28. The standard InChI is InChI=1S/C4H11O4P.Mn/c1-3-7-9(5,6)8-4-2;/h3-4H2,1-2H3,(H,5,6);/p-1. The Balaban J connectivity index is 0. The summed E-state index contributed by atoms with van der Waals surface area (Å²) in [6, 6.07) is 0. The molecular formula is C4H10MnO4P-. The molecule has 0 rings (SSSR count). The summed E-state index contributed by atoms with van der Waals surface area (Å²) in [5.41, 5.74) is 0. The van der Waals surface area contributed by atoms with Gasteiger partial charge in [0.15, 0.2) is 0 Å². The van der Waals surface area contributed by atoms with Crippen LogP contribution >= 0.6 is 7.82 Å². The van der Waals surface area contributed by atoms with E-state index in [0.29, 0.717) is 0 Å². The zero-order valence-electron chi connectivity index (χ0n) is 5.87. The van der Waals surface area contributed by atoms with E-state index in [9.17, 15) is 9.46 Å². The van der Waals surface area contributed by atoms with Crippen LogP contribution in [0.5, 0.6) is 0 Å². The zero-order chi connectivity index (χ0) is 7.33. The van der Waals surface area contributed by atoms with Crippen molar-refractivity contribution in [3.63, 3.8) is 0 Å². The van der Waals surface area contributed by atoms with Gasteiger partial charge < -0.3 is 13.9 Å². The Bertz CT molecular complexity index is 108. The number of phosphoric acid groups is 1. The molecule has 0 aliphatic heterocycles. The summed E-state index contributed by atoms with van der Waals surface area (Å²) in [4.78, 5) is 10.4. The Morgan fingerprint density at radius 1 is 1.30 bits per heavy atom. The van der Waals surface area contributed by atoms with Crippen LogP contribution in [0.4, 0.5) is 0 Å². The molecule has 0 aromatic rings. The van der Waals surface area contributed by atoms with Gasteiger partial charge in [0.2, 0.25) is 0 Å². The van der Waals surface area contributed by atoms with Gasteiger partial charge in [-0.15, -0.1) is 0 Å². The molecule has 0 aromatic carbocycles. The van der Waals surface area contributed by atoms with Crippen LogP contribution in [0.15, 0.2) is 0 Å². The first kappa shape index (κ1) is 13.2. The normalized spacial score (nSPS) is 10.7. The van der Waals surface area contributed by atoms with Crippen LogP contribution in [-0.4, -0.2) is 13.2 Å². The summed E-state index contributed by atoms with van der Waals surface area (Å²) in [5, 5.41) is 0. The molecule has 0 aromatic heterocycles. The minimum Gasteiger partial charge on any atom is -0.756 e. The van der Waals surface area contributed by atoms with Crippen molar-refractivity contribution in [3.8, 4) is 0 Å². The maximum absolute atomic E-state index is 10.4. The molecule has 0 saturated heterocycles. The molecule has 6 heteroatoms. The molecule has 0 bridgehead atoms. The van der Waals surface area contributed by atoms with Crippen molar-refractivity contribution >= 4 is 7.82 Å². The molecule has 0 N–H and O–H groups in total. The van der Waals surface area contributed by atoms with Crippen molar-refractivity contribution in [2.45, 2.75) is 13.8 Å². The fraction of sp³-hybridized carbons (Fsp3) is 1.00. The molecule has 0 aliphatic carbocycles. The first-order valence-corrected chi connectivity index (χ1v) is 4.18. The Labute approximate surface area is 71.0 Å². The second kappa shape index (κ2) is 6.35. The van der Waals surface area contributed by atoms with Gasteiger partial charge in [-0.05, 0) is 13.8 Å². The minimum absolute atomic E-state index is 0. The van der Waals surface area contributed by atoms with E-state index in [1.807, 2.05) is 0 Å². The predicted molar refractivity (Wildman–Crippen MR) is 30.9 cm³/mol. The van der Waals surface area contributed by atoms with Crippen LogP contribution in [0, 0.1) is 0 Å². The van der Waals surface area contributed by atoms with E-state index in [1.165, 1.54) is 0 Å². The van der Waals surface area contributed by atoms with Crippen LogP contribution in [0.25, 0.3) is 0 Å². The van der Waals surface area contributed by atoms with Crippen LogP contribution in [-0.2, 0) is 30.7 Å². The van der Waals surface area contributed by atoms with E-state index in [-0.39, 0.29) is 30.3 Å². The number of hydrogen-bond donors (Lipinski definition) is 0. The summed E-state index contributed by atoms with van der Waals surface area (Å²) in [5.74, 6) is 0. The molecule has 63 valence electrons. The third-order valence-electron chi connectivity index (χ3n) is 0.574. The quantitative estimate of drug-likeness (QED) is 0.499. The molecule has 0 spiro atoms. The maximum atomic E-state index is 10.4. The van der Waals surface area contributed by atoms with Gasteiger partial charge in [-0.3, -0.25) is 4.57 Å². The van der Waals surface area contributed by atoms with Crippen molar-refractivity contribution in [1.29, 1.82) is 0 Å². The van der Waals surface area contributed by atoms with Crippen LogP contribution < -0.4 is 4.89 Å². The molecule has 0 unspecified atom stereocenters. The molecule has 0 aliphatic rings. The summed E-state index contributed by atoms with van der Waals surface area (Å²) in [6.07, 6.45) is 0. The first-order chi connectivity index (χ1) is 4.12. The van der Waals surface area contributed by atoms with Gasteiger partial charge in [-0.2, -0.15) is 0 Å². The Morgan fingerprint density at radius 2 is 1.60 bits per heavy atom. The van der Waals surface area contributed by atoms with Gasteiger partial charge in [0.1, 0.15) is 0 Å². The SMILES string of the molecule is CCOP(=O)([O-])OCC.[Mn]. The molecule has 4 nitrogen and oxygen atoms in total. The number of hydrogen-bond acceptors (Lipinski definition) is 4. The van der Waals surface area contributed by atoms with Gasteiger partial charge in [-0.1, -0.05) is 0 Å². The monoisotopic (exact) mass is 208 g/mol. The summed E-state index contributed by atoms with van der Waals surface area (Å²) < 4.78 is 18.9. The molecular weight excluding hydrogens is 198 g/mol. The summed E-state index contributed by atoms with van der Waals surface area (Å²) in [6.45, 7) is 3.43.